The predicted molar refractivity (Wildman–Crippen MR) is 78.0 cm³/mol. The van der Waals surface area contributed by atoms with Gasteiger partial charge in [-0.15, -0.1) is 0 Å². The molecule has 0 spiro atoms. The number of nitriles is 1. The number of benzene rings is 2. The fraction of sp³-hybridized carbons (Fsp3) is 0. The average Bonchev–Trinajstić information content (AvgIpc) is 2.34. The van der Waals surface area contributed by atoms with Crippen molar-refractivity contribution in [3.8, 4) is 6.07 Å². The van der Waals surface area contributed by atoms with Crippen LogP contribution in [0.25, 0.3) is 0 Å². The summed E-state index contributed by atoms with van der Waals surface area (Å²) in [6.07, 6.45) is 0. The first-order chi connectivity index (χ1) is 8.60. The van der Waals surface area contributed by atoms with E-state index in [4.69, 9.17) is 11.0 Å². The number of anilines is 3. The van der Waals surface area contributed by atoms with E-state index in [2.05, 4.69) is 5.32 Å². The van der Waals surface area contributed by atoms with Crippen molar-refractivity contribution in [2.45, 2.75) is 0 Å². The van der Waals surface area contributed by atoms with E-state index in [-0.39, 0.29) is 5.82 Å². The third-order valence-electron chi connectivity index (χ3n) is 2.38. The average molecular weight is 353 g/mol. The van der Waals surface area contributed by atoms with Gasteiger partial charge in [0.25, 0.3) is 0 Å². The molecule has 0 amide bonds. The predicted octanol–water partition coefficient (Wildman–Crippen LogP) is 3.63. The van der Waals surface area contributed by atoms with E-state index in [0.717, 1.165) is 9.26 Å². The van der Waals surface area contributed by atoms with E-state index < -0.39 is 0 Å². The van der Waals surface area contributed by atoms with Crippen LogP contribution in [0.1, 0.15) is 5.56 Å². The molecule has 2 aromatic carbocycles. The second kappa shape index (κ2) is 5.23. The Bertz CT molecular complexity index is 635. The number of rotatable bonds is 2. The molecule has 0 saturated heterocycles. The van der Waals surface area contributed by atoms with Crippen LogP contribution in [-0.2, 0) is 0 Å². The molecule has 0 unspecified atom stereocenters. The fourth-order valence-corrected chi connectivity index (χ4v) is 2.09. The highest BCUT2D eigenvalue weighted by Crippen LogP contribution is 2.27. The van der Waals surface area contributed by atoms with Gasteiger partial charge in [-0.2, -0.15) is 5.26 Å². The maximum Gasteiger partial charge on any atom is 0.124 e. The van der Waals surface area contributed by atoms with Crippen molar-refractivity contribution in [3.63, 3.8) is 0 Å². The number of halogens is 2. The third-order valence-corrected chi connectivity index (χ3v) is 3.27. The van der Waals surface area contributed by atoms with Crippen LogP contribution >= 0.6 is 22.6 Å². The Kier molecular flexibility index (Phi) is 3.67. The molecule has 0 radical (unpaired) electrons. The Morgan fingerprint density at radius 1 is 1.17 bits per heavy atom. The Hall–Kier alpha value is -1.81. The summed E-state index contributed by atoms with van der Waals surface area (Å²) in [6, 6.07) is 11.5. The quantitative estimate of drug-likeness (QED) is 0.640. The summed E-state index contributed by atoms with van der Waals surface area (Å²) in [6.45, 7) is 0. The fourth-order valence-electron chi connectivity index (χ4n) is 1.48. The molecule has 0 aliphatic carbocycles. The Morgan fingerprint density at radius 3 is 2.50 bits per heavy atom. The van der Waals surface area contributed by atoms with E-state index in [9.17, 15) is 4.39 Å². The van der Waals surface area contributed by atoms with E-state index in [1.807, 2.05) is 28.7 Å². The van der Waals surface area contributed by atoms with Crippen LogP contribution in [0, 0.1) is 20.7 Å². The van der Waals surface area contributed by atoms with Crippen molar-refractivity contribution >= 4 is 39.7 Å². The first-order valence-corrected chi connectivity index (χ1v) is 6.20. The van der Waals surface area contributed by atoms with Gasteiger partial charge in [-0.1, -0.05) is 0 Å². The van der Waals surface area contributed by atoms with Crippen LogP contribution in [0.3, 0.4) is 0 Å². The van der Waals surface area contributed by atoms with Gasteiger partial charge in [0, 0.05) is 3.57 Å². The van der Waals surface area contributed by atoms with Gasteiger partial charge in [-0.25, -0.2) is 4.39 Å². The van der Waals surface area contributed by atoms with E-state index >= 15 is 0 Å². The number of hydrogen-bond acceptors (Lipinski definition) is 3. The molecule has 0 atom stereocenters. The van der Waals surface area contributed by atoms with Gasteiger partial charge in [0.05, 0.1) is 28.7 Å². The van der Waals surface area contributed by atoms with Gasteiger partial charge >= 0.3 is 0 Å². The standard InChI is InChI=1S/C13H9FIN3/c14-9-2-4-12(10(15)6-9)18-13-3-1-8(7-16)5-11(13)17/h1-6,18H,17H2. The molecule has 90 valence electrons. The van der Waals surface area contributed by atoms with Gasteiger partial charge in [0.2, 0.25) is 0 Å². The third kappa shape index (κ3) is 2.71. The van der Waals surface area contributed by atoms with Crippen LogP contribution in [0.4, 0.5) is 21.5 Å². The Morgan fingerprint density at radius 2 is 1.89 bits per heavy atom. The molecule has 0 bridgehead atoms. The van der Waals surface area contributed by atoms with Crippen LogP contribution in [0.15, 0.2) is 36.4 Å². The number of nitrogen functional groups attached to an aromatic ring is 1. The molecule has 0 aliphatic heterocycles. The van der Waals surface area contributed by atoms with Gasteiger partial charge in [0.15, 0.2) is 0 Å². The molecule has 0 aliphatic rings. The second-order valence-electron chi connectivity index (χ2n) is 3.66. The summed E-state index contributed by atoms with van der Waals surface area (Å²) in [5.41, 5.74) is 8.29. The maximum absolute atomic E-state index is 13.0. The lowest BCUT2D eigenvalue weighted by Crippen LogP contribution is -1.98. The molecule has 5 heteroatoms. The molecule has 0 aromatic heterocycles. The molecular formula is C13H9FIN3. The topological polar surface area (TPSA) is 61.8 Å². The summed E-state index contributed by atoms with van der Waals surface area (Å²) < 4.78 is 13.7. The minimum absolute atomic E-state index is 0.280. The monoisotopic (exact) mass is 353 g/mol. The highest BCUT2D eigenvalue weighted by atomic mass is 127. The first-order valence-electron chi connectivity index (χ1n) is 5.12. The number of nitrogens with zero attached hydrogens (tertiary/aromatic N) is 1. The molecule has 2 rings (SSSR count). The van der Waals surface area contributed by atoms with Gasteiger partial charge in [-0.3, -0.25) is 0 Å². The van der Waals surface area contributed by atoms with Crippen LogP contribution in [-0.4, -0.2) is 0 Å². The molecule has 0 heterocycles. The molecule has 0 fully saturated rings. The Labute approximate surface area is 118 Å². The van der Waals surface area contributed by atoms with Crippen molar-refractivity contribution in [1.82, 2.24) is 0 Å². The zero-order valence-electron chi connectivity index (χ0n) is 9.24. The normalized spacial score (nSPS) is 9.83. The van der Waals surface area contributed by atoms with E-state index in [1.54, 1.807) is 24.3 Å². The van der Waals surface area contributed by atoms with Crippen LogP contribution in [0.2, 0.25) is 0 Å². The molecule has 3 nitrogen and oxygen atoms in total. The van der Waals surface area contributed by atoms with Crippen molar-refractivity contribution in [1.29, 1.82) is 5.26 Å². The molecule has 0 saturated carbocycles. The van der Waals surface area contributed by atoms with E-state index in [0.29, 0.717) is 16.9 Å². The molecule has 2 aromatic rings. The minimum atomic E-state index is -0.280. The van der Waals surface area contributed by atoms with Crippen molar-refractivity contribution < 1.29 is 4.39 Å². The van der Waals surface area contributed by atoms with Gasteiger partial charge in [0.1, 0.15) is 5.82 Å². The summed E-state index contributed by atoms with van der Waals surface area (Å²) in [5, 5.41) is 11.9. The SMILES string of the molecule is N#Cc1ccc(Nc2ccc(F)cc2I)c(N)c1. The summed E-state index contributed by atoms with van der Waals surface area (Å²) >= 11 is 2.04. The van der Waals surface area contributed by atoms with Crippen LogP contribution < -0.4 is 11.1 Å². The van der Waals surface area contributed by atoms with Crippen molar-refractivity contribution in [2.75, 3.05) is 11.1 Å². The van der Waals surface area contributed by atoms with Gasteiger partial charge < -0.3 is 11.1 Å². The number of hydrogen-bond donors (Lipinski definition) is 2. The molecule has 3 N–H and O–H groups in total. The Balaban J connectivity index is 2.32. The lowest BCUT2D eigenvalue weighted by molar-refractivity contribution is 0.627. The second-order valence-corrected chi connectivity index (χ2v) is 4.83. The lowest BCUT2D eigenvalue weighted by atomic mass is 10.2. The highest BCUT2D eigenvalue weighted by Gasteiger charge is 2.05. The highest BCUT2D eigenvalue weighted by molar-refractivity contribution is 14.1. The minimum Gasteiger partial charge on any atom is -0.397 e. The summed E-state index contributed by atoms with van der Waals surface area (Å²) in [5.74, 6) is -0.280. The lowest BCUT2D eigenvalue weighted by Gasteiger charge is -2.11. The number of nitrogens with two attached hydrogens (primary N) is 1. The first kappa shape index (κ1) is 12.6. The summed E-state index contributed by atoms with van der Waals surface area (Å²) in [7, 11) is 0. The zero-order chi connectivity index (χ0) is 13.1. The largest absolute Gasteiger partial charge is 0.397 e. The molecule has 18 heavy (non-hydrogen) atoms. The van der Waals surface area contributed by atoms with E-state index in [1.165, 1.54) is 12.1 Å². The summed E-state index contributed by atoms with van der Waals surface area (Å²) in [4.78, 5) is 0. The van der Waals surface area contributed by atoms with Crippen molar-refractivity contribution in [3.05, 3.63) is 51.3 Å². The van der Waals surface area contributed by atoms with Gasteiger partial charge in [-0.05, 0) is 59.0 Å². The van der Waals surface area contributed by atoms with Crippen LogP contribution in [0.5, 0.6) is 0 Å². The molecular weight excluding hydrogens is 344 g/mol. The maximum atomic E-state index is 13.0. The smallest absolute Gasteiger partial charge is 0.124 e. The number of nitrogens with one attached hydrogen (secondary N) is 1. The van der Waals surface area contributed by atoms with Crippen molar-refractivity contribution in [2.24, 2.45) is 0 Å². The zero-order valence-corrected chi connectivity index (χ0v) is 11.4.